The van der Waals surface area contributed by atoms with E-state index in [4.69, 9.17) is 0 Å². The summed E-state index contributed by atoms with van der Waals surface area (Å²) in [6.45, 7) is 20.3. The van der Waals surface area contributed by atoms with E-state index < -0.39 is 17.6 Å². The van der Waals surface area contributed by atoms with E-state index in [1.807, 2.05) is 6.07 Å². The molecule has 1 atom stereocenters. The van der Waals surface area contributed by atoms with Crippen molar-refractivity contribution in [2.45, 2.75) is 85.0 Å². The Kier molecular flexibility index (Phi) is 8.76. The molecule has 0 radical (unpaired) electrons. The van der Waals surface area contributed by atoms with Crippen molar-refractivity contribution in [1.82, 2.24) is 0 Å². The normalized spacial score (nSPS) is 16.3. The van der Waals surface area contributed by atoms with Crippen molar-refractivity contribution in [3.8, 4) is 66.8 Å². The highest BCUT2D eigenvalue weighted by Gasteiger charge is 2.41. The van der Waals surface area contributed by atoms with Crippen molar-refractivity contribution in [3.05, 3.63) is 158 Å². The van der Waals surface area contributed by atoms with Gasteiger partial charge < -0.3 is 0 Å². The summed E-state index contributed by atoms with van der Waals surface area (Å²) in [5.41, 5.74) is 19.2. The quantitative estimate of drug-likeness (QED) is 0.162. The van der Waals surface area contributed by atoms with E-state index in [0.717, 1.165) is 88.3 Å². The van der Waals surface area contributed by atoms with Crippen LogP contribution in [0.5, 0.6) is 0 Å². The van der Waals surface area contributed by atoms with Crippen LogP contribution in [-0.4, -0.2) is 0 Å². The molecule has 11 rings (SSSR count). The van der Waals surface area contributed by atoms with Crippen molar-refractivity contribution in [1.29, 1.82) is 0 Å². The molecule has 4 aliphatic carbocycles. The minimum absolute atomic E-state index is 0.0252. The second-order valence-corrected chi connectivity index (χ2v) is 22.9. The van der Waals surface area contributed by atoms with Gasteiger partial charge in [-0.2, -0.15) is 0 Å². The third kappa shape index (κ3) is 6.04. The number of hydrogen-bond acceptors (Lipinski definition) is 0. The molecule has 0 unspecified atom stereocenters. The van der Waals surface area contributed by atoms with Crippen LogP contribution < -0.4 is 0 Å². The zero-order valence-corrected chi connectivity index (χ0v) is 40.2. The molecule has 0 fully saturated rings. The molecule has 0 saturated heterocycles. The maximum absolute atomic E-state index is 16.1. The third-order valence-electron chi connectivity index (χ3n) is 14.0. The molecule has 0 spiro atoms. The van der Waals surface area contributed by atoms with Crippen LogP contribution in [0.2, 0.25) is 0 Å². The minimum Gasteiger partial charge on any atom is -0.211 e. The van der Waals surface area contributed by atoms with E-state index in [0.29, 0.717) is 21.9 Å². The fraction of sp³-hybridized carbons (Fsp3) is 0.241. The highest BCUT2D eigenvalue weighted by Crippen LogP contribution is 2.64. The molecule has 0 aromatic heterocycles. The highest BCUT2D eigenvalue weighted by molar-refractivity contribution is 9.15. The standard InChI is InChI=1S/C58H47Br2F3/c1-56(2,3)31-15-13-28(14-16-31)36-24-40-41-26-44-42(25-37-43(55(44)60)21-34(61)22-48(37)63)49(29-11-10-12-32(17-29)57(4,5)6)51(41)45-27-46(58(7,8)9)53-38-19-30-18-33(59)20-47(62)35(30)23-39(38)50(36)54(53)52(40)45/h10-24,26-27,37H,25H2,1-9H3/t37-/m0/s1. The van der Waals surface area contributed by atoms with Crippen LogP contribution in [-0.2, 0) is 22.7 Å². The van der Waals surface area contributed by atoms with Gasteiger partial charge in [0.15, 0.2) is 0 Å². The summed E-state index contributed by atoms with van der Waals surface area (Å²) in [5, 5.41) is 3.79. The Labute approximate surface area is 384 Å². The smallest absolute Gasteiger partial charge is 0.132 e. The van der Waals surface area contributed by atoms with Gasteiger partial charge in [0.2, 0.25) is 0 Å². The van der Waals surface area contributed by atoms with Crippen molar-refractivity contribution >= 4 is 57.9 Å². The van der Waals surface area contributed by atoms with Gasteiger partial charge in [-0.15, -0.1) is 0 Å². The number of hydrogen-bond donors (Lipinski definition) is 0. The lowest BCUT2D eigenvalue weighted by Gasteiger charge is -2.32. The van der Waals surface area contributed by atoms with Gasteiger partial charge in [-0.25, -0.2) is 13.2 Å². The molecular formula is C58H47Br2F3. The van der Waals surface area contributed by atoms with Crippen molar-refractivity contribution in [2.24, 2.45) is 5.92 Å². The van der Waals surface area contributed by atoms with Crippen LogP contribution in [0.4, 0.5) is 13.2 Å². The first-order chi connectivity index (χ1) is 29.7. The summed E-state index contributed by atoms with van der Waals surface area (Å²) in [5.74, 6) is -1.90. The number of benzene rings is 7. The van der Waals surface area contributed by atoms with Gasteiger partial charge in [-0.1, -0.05) is 127 Å². The molecule has 7 aromatic rings. The van der Waals surface area contributed by atoms with Crippen LogP contribution in [0.1, 0.15) is 90.1 Å². The van der Waals surface area contributed by atoms with E-state index in [1.54, 1.807) is 6.07 Å². The second kappa shape index (κ2) is 13.5. The Morgan fingerprint density at radius 3 is 1.92 bits per heavy atom. The number of halogens is 5. The van der Waals surface area contributed by atoms with Gasteiger partial charge in [-0.05, 0) is 203 Å². The van der Waals surface area contributed by atoms with Gasteiger partial charge in [0.25, 0.3) is 0 Å². The van der Waals surface area contributed by atoms with Crippen LogP contribution in [0.15, 0.2) is 125 Å². The lowest BCUT2D eigenvalue weighted by molar-refractivity contribution is 0.493. The Hall–Kier alpha value is -4.97. The Bertz CT molecular complexity index is 3340. The summed E-state index contributed by atoms with van der Waals surface area (Å²) >= 11 is 7.53. The molecule has 0 aliphatic heterocycles. The Balaban J connectivity index is 1.33. The van der Waals surface area contributed by atoms with Crippen LogP contribution in [0.3, 0.4) is 0 Å². The average Bonchev–Trinajstić information content (AvgIpc) is 3.70. The van der Waals surface area contributed by atoms with Crippen molar-refractivity contribution in [3.63, 3.8) is 0 Å². The monoisotopic (exact) mass is 958 g/mol. The molecule has 0 bridgehead atoms. The predicted octanol–water partition coefficient (Wildman–Crippen LogP) is 18.4. The number of fused-ring (bicyclic) bond motifs is 9. The zero-order chi connectivity index (χ0) is 44.4. The molecule has 4 aliphatic rings. The average molecular weight is 961 g/mol. The number of allylic oxidation sites excluding steroid dienone is 5. The minimum atomic E-state index is -0.606. The SMILES string of the molecule is CC(C)(C)c1ccc(-c2cc3c4c(cc(C(C)(C)C)c5c4c2-c2cc4c(F)cc(Br)cc4cc2-5)-c2c-3cc3c(c2-c2cccc(C(C)(C)C)c2)C[C@@H]2C(F)=CC(F)=CC2=C3Br)cc1. The van der Waals surface area contributed by atoms with Gasteiger partial charge in [0.1, 0.15) is 17.5 Å². The van der Waals surface area contributed by atoms with Gasteiger partial charge in [0, 0.05) is 26.3 Å². The van der Waals surface area contributed by atoms with Crippen LogP contribution >= 0.6 is 31.9 Å². The number of rotatable bonds is 2. The van der Waals surface area contributed by atoms with E-state index in [1.165, 1.54) is 39.1 Å². The lowest BCUT2D eigenvalue weighted by Crippen LogP contribution is -2.18. The Morgan fingerprint density at radius 2 is 1.22 bits per heavy atom. The maximum atomic E-state index is 16.1. The van der Waals surface area contributed by atoms with Crippen molar-refractivity contribution in [2.75, 3.05) is 0 Å². The molecule has 63 heavy (non-hydrogen) atoms. The van der Waals surface area contributed by atoms with Gasteiger partial charge in [0.05, 0.1) is 0 Å². The molecule has 5 heteroatoms. The summed E-state index contributed by atoms with van der Waals surface area (Å²) in [6.07, 6.45) is 2.92. The largest absolute Gasteiger partial charge is 0.211 e. The van der Waals surface area contributed by atoms with E-state index >= 15 is 13.2 Å². The summed E-state index contributed by atoms with van der Waals surface area (Å²) < 4.78 is 48.5. The third-order valence-corrected chi connectivity index (χ3v) is 15.3. The summed E-state index contributed by atoms with van der Waals surface area (Å²) in [6, 6.07) is 32.7. The Morgan fingerprint density at radius 1 is 0.524 bits per heavy atom. The van der Waals surface area contributed by atoms with Crippen molar-refractivity contribution < 1.29 is 13.2 Å². The van der Waals surface area contributed by atoms with Gasteiger partial charge >= 0.3 is 0 Å². The second-order valence-electron chi connectivity index (χ2n) is 21.1. The molecule has 7 aromatic carbocycles. The van der Waals surface area contributed by atoms with Crippen LogP contribution in [0.25, 0.3) is 92.8 Å². The molecule has 0 saturated carbocycles. The summed E-state index contributed by atoms with van der Waals surface area (Å²) in [7, 11) is 0. The topological polar surface area (TPSA) is 0 Å². The fourth-order valence-electron chi connectivity index (χ4n) is 10.9. The first-order valence-electron chi connectivity index (χ1n) is 21.9. The highest BCUT2D eigenvalue weighted by atomic mass is 79.9. The lowest BCUT2D eigenvalue weighted by atomic mass is 9.74. The molecule has 0 N–H and O–H groups in total. The molecule has 0 amide bonds. The zero-order valence-electron chi connectivity index (χ0n) is 37.0. The molecule has 0 heterocycles. The van der Waals surface area contributed by atoms with E-state index in [-0.39, 0.29) is 22.1 Å². The molecule has 314 valence electrons. The summed E-state index contributed by atoms with van der Waals surface area (Å²) in [4.78, 5) is 0. The van der Waals surface area contributed by atoms with E-state index in [2.05, 4.69) is 173 Å². The first kappa shape index (κ1) is 40.8. The van der Waals surface area contributed by atoms with Crippen LogP contribution in [0, 0.1) is 11.7 Å². The van der Waals surface area contributed by atoms with E-state index in [9.17, 15) is 0 Å². The first-order valence-corrected chi connectivity index (χ1v) is 23.5. The molecular weight excluding hydrogens is 913 g/mol. The fourth-order valence-corrected chi connectivity index (χ4v) is 12.1. The predicted molar refractivity (Wildman–Crippen MR) is 266 cm³/mol. The molecule has 0 nitrogen and oxygen atoms in total. The van der Waals surface area contributed by atoms with Gasteiger partial charge in [-0.3, -0.25) is 0 Å². The maximum Gasteiger partial charge on any atom is 0.132 e.